The summed E-state index contributed by atoms with van der Waals surface area (Å²) in [5.41, 5.74) is 1.28. The summed E-state index contributed by atoms with van der Waals surface area (Å²) in [5.74, 6) is 1.19. The first kappa shape index (κ1) is 19.2. The Bertz CT molecular complexity index is 1010. The Morgan fingerprint density at radius 2 is 1.89 bits per heavy atom. The van der Waals surface area contributed by atoms with Crippen molar-refractivity contribution in [2.45, 2.75) is 32.0 Å². The van der Waals surface area contributed by atoms with Crippen LogP contribution in [0, 0.1) is 0 Å². The molecule has 6 heteroatoms. The first-order valence-corrected chi connectivity index (χ1v) is 9.95. The van der Waals surface area contributed by atoms with Crippen LogP contribution in [0.25, 0.3) is 10.9 Å². The maximum Gasteiger partial charge on any atom is 0.262 e. The van der Waals surface area contributed by atoms with Gasteiger partial charge in [-0.2, -0.15) is 0 Å². The smallest absolute Gasteiger partial charge is 0.262 e. The Morgan fingerprint density at radius 1 is 1.15 bits per heavy atom. The van der Waals surface area contributed by atoms with Gasteiger partial charge < -0.3 is 4.74 Å². The second-order valence-corrected chi connectivity index (χ2v) is 7.18. The minimum atomic E-state index is -0.0220. The fourth-order valence-corrected chi connectivity index (χ4v) is 3.69. The van der Waals surface area contributed by atoms with Crippen LogP contribution in [0.5, 0.6) is 5.75 Å². The van der Waals surface area contributed by atoms with Crippen molar-refractivity contribution in [2.75, 3.05) is 12.4 Å². The largest absolute Gasteiger partial charge is 0.492 e. The van der Waals surface area contributed by atoms with Crippen LogP contribution < -0.4 is 10.3 Å². The van der Waals surface area contributed by atoms with E-state index in [0.717, 1.165) is 6.42 Å². The van der Waals surface area contributed by atoms with E-state index in [4.69, 9.17) is 4.74 Å². The summed E-state index contributed by atoms with van der Waals surface area (Å²) >= 11 is 1.49. The number of fused-ring (bicyclic) bond motifs is 1. The molecule has 0 aliphatic carbocycles. The minimum Gasteiger partial charge on any atom is -0.492 e. The third-order valence-corrected chi connectivity index (χ3v) is 5.05. The van der Waals surface area contributed by atoms with Gasteiger partial charge in [-0.3, -0.25) is 14.2 Å². The van der Waals surface area contributed by atoms with Crippen LogP contribution in [0.15, 0.2) is 58.5 Å². The van der Waals surface area contributed by atoms with Crippen molar-refractivity contribution in [2.24, 2.45) is 0 Å². The summed E-state index contributed by atoms with van der Waals surface area (Å²) in [5, 5.41) is 1.34. The van der Waals surface area contributed by atoms with E-state index in [2.05, 4.69) is 4.98 Å². The summed E-state index contributed by atoms with van der Waals surface area (Å²) in [4.78, 5) is 29.1. The van der Waals surface area contributed by atoms with Gasteiger partial charge in [-0.1, -0.05) is 43.0 Å². The molecular weight excluding hydrogens is 360 g/mol. The molecule has 3 rings (SSSR count). The van der Waals surface area contributed by atoms with Crippen molar-refractivity contribution in [3.63, 3.8) is 0 Å². The van der Waals surface area contributed by atoms with Crippen LogP contribution in [-0.2, 0) is 6.54 Å². The molecule has 0 unspecified atom stereocenters. The zero-order valence-corrected chi connectivity index (χ0v) is 16.3. The molecule has 0 saturated heterocycles. The van der Waals surface area contributed by atoms with Gasteiger partial charge in [-0.25, -0.2) is 4.98 Å². The van der Waals surface area contributed by atoms with Crippen molar-refractivity contribution in [1.82, 2.24) is 9.55 Å². The number of Topliss-reactive ketones (excluding diaryl/α,β-unsaturated/α-hetero) is 1. The Morgan fingerprint density at radius 3 is 2.67 bits per heavy atom. The number of thioether (sulfide) groups is 1. The molecule has 0 N–H and O–H groups in total. The lowest BCUT2D eigenvalue weighted by molar-refractivity contribution is 0.101. The monoisotopic (exact) mass is 382 g/mol. The SMILES string of the molecule is CCCn1c(SCCOc2ccccc2C(C)=O)nc2ccccc2c1=O. The van der Waals surface area contributed by atoms with E-state index in [-0.39, 0.29) is 11.3 Å². The molecule has 0 aliphatic heterocycles. The van der Waals surface area contributed by atoms with Crippen molar-refractivity contribution < 1.29 is 9.53 Å². The predicted octanol–water partition coefficient (Wildman–Crippen LogP) is 4.18. The summed E-state index contributed by atoms with van der Waals surface area (Å²) < 4.78 is 7.51. The normalized spacial score (nSPS) is 10.9. The maximum atomic E-state index is 12.8. The van der Waals surface area contributed by atoms with Gasteiger partial charge in [0.25, 0.3) is 5.56 Å². The number of hydrogen-bond donors (Lipinski definition) is 0. The summed E-state index contributed by atoms with van der Waals surface area (Å²) in [7, 11) is 0. The van der Waals surface area contributed by atoms with E-state index in [9.17, 15) is 9.59 Å². The zero-order chi connectivity index (χ0) is 19.2. The van der Waals surface area contributed by atoms with Crippen molar-refractivity contribution in [3.8, 4) is 5.75 Å². The molecule has 140 valence electrons. The summed E-state index contributed by atoms with van der Waals surface area (Å²) in [6.07, 6.45) is 0.857. The van der Waals surface area contributed by atoms with Gasteiger partial charge in [0.15, 0.2) is 10.9 Å². The summed E-state index contributed by atoms with van der Waals surface area (Å²) in [6.45, 7) is 4.62. The quantitative estimate of drug-likeness (QED) is 0.253. The Hall–Kier alpha value is -2.60. The highest BCUT2D eigenvalue weighted by Gasteiger charge is 2.11. The molecule has 0 atom stereocenters. The molecule has 0 aliphatic rings. The number of carbonyl (C=O) groups excluding carboxylic acids is 1. The molecule has 3 aromatic rings. The number of rotatable bonds is 8. The second kappa shape index (κ2) is 8.86. The van der Waals surface area contributed by atoms with Crippen LogP contribution >= 0.6 is 11.8 Å². The van der Waals surface area contributed by atoms with Gasteiger partial charge >= 0.3 is 0 Å². The van der Waals surface area contributed by atoms with E-state index in [0.29, 0.717) is 46.3 Å². The first-order chi connectivity index (χ1) is 13.1. The highest BCUT2D eigenvalue weighted by Crippen LogP contribution is 2.21. The van der Waals surface area contributed by atoms with Crippen LogP contribution in [0.4, 0.5) is 0 Å². The van der Waals surface area contributed by atoms with E-state index in [1.54, 1.807) is 16.7 Å². The Balaban J connectivity index is 1.74. The van der Waals surface area contributed by atoms with E-state index < -0.39 is 0 Å². The number of benzene rings is 2. The molecule has 0 amide bonds. The second-order valence-electron chi connectivity index (χ2n) is 6.12. The molecule has 2 aromatic carbocycles. The van der Waals surface area contributed by atoms with Crippen LogP contribution in [-0.4, -0.2) is 27.7 Å². The van der Waals surface area contributed by atoms with E-state index in [1.165, 1.54) is 18.7 Å². The molecule has 0 bridgehead atoms. The third kappa shape index (κ3) is 4.39. The van der Waals surface area contributed by atoms with Gasteiger partial charge in [0.2, 0.25) is 0 Å². The van der Waals surface area contributed by atoms with Gasteiger partial charge in [0.1, 0.15) is 5.75 Å². The number of aromatic nitrogens is 2. The summed E-state index contributed by atoms with van der Waals surface area (Å²) in [6, 6.07) is 14.6. The lowest BCUT2D eigenvalue weighted by atomic mass is 10.1. The first-order valence-electron chi connectivity index (χ1n) is 8.97. The van der Waals surface area contributed by atoms with Crippen LogP contribution in [0.2, 0.25) is 0 Å². The number of hydrogen-bond acceptors (Lipinski definition) is 5. The molecule has 0 spiro atoms. The lowest BCUT2D eigenvalue weighted by Crippen LogP contribution is -2.23. The minimum absolute atomic E-state index is 0.00667. The number of carbonyl (C=O) groups is 1. The molecule has 1 aromatic heterocycles. The Kier molecular flexibility index (Phi) is 6.29. The van der Waals surface area contributed by atoms with Gasteiger partial charge in [-0.05, 0) is 37.6 Å². The molecule has 0 radical (unpaired) electrons. The van der Waals surface area contributed by atoms with Crippen molar-refractivity contribution in [3.05, 3.63) is 64.4 Å². The van der Waals surface area contributed by atoms with Gasteiger partial charge in [0, 0.05) is 12.3 Å². The molecule has 0 fully saturated rings. The van der Waals surface area contributed by atoms with E-state index in [1.807, 2.05) is 43.3 Å². The van der Waals surface area contributed by atoms with Crippen molar-refractivity contribution >= 4 is 28.4 Å². The number of nitrogens with zero attached hydrogens (tertiary/aromatic N) is 2. The highest BCUT2D eigenvalue weighted by molar-refractivity contribution is 7.99. The highest BCUT2D eigenvalue weighted by atomic mass is 32.2. The molecule has 27 heavy (non-hydrogen) atoms. The van der Waals surface area contributed by atoms with E-state index >= 15 is 0 Å². The fraction of sp³-hybridized carbons (Fsp3) is 0.286. The van der Waals surface area contributed by atoms with Crippen molar-refractivity contribution in [1.29, 1.82) is 0 Å². The third-order valence-electron chi connectivity index (χ3n) is 4.11. The molecule has 0 saturated carbocycles. The average molecular weight is 382 g/mol. The number of para-hydroxylation sites is 2. The predicted molar refractivity (Wildman–Crippen MR) is 109 cm³/mol. The Labute approximate surface area is 162 Å². The van der Waals surface area contributed by atoms with Crippen LogP contribution in [0.3, 0.4) is 0 Å². The zero-order valence-electron chi connectivity index (χ0n) is 15.5. The van der Waals surface area contributed by atoms with Gasteiger partial charge in [-0.15, -0.1) is 0 Å². The standard InChI is InChI=1S/C21H22N2O3S/c1-3-12-23-20(25)17-9-4-6-10-18(17)22-21(23)27-14-13-26-19-11-7-5-8-16(19)15(2)24/h4-11H,3,12-14H2,1-2H3. The molecule has 5 nitrogen and oxygen atoms in total. The maximum absolute atomic E-state index is 12.8. The molecular formula is C21H22N2O3S. The fourth-order valence-electron chi connectivity index (χ4n) is 2.85. The topological polar surface area (TPSA) is 61.2 Å². The van der Waals surface area contributed by atoms with Gasteiger partial charge in [0.05, 0.1) is 23.1 Å². The molecule has 1 heterocycles. The van der Waals surface area contributed by atoms with Crippen LogP contribution in [0.1, 0.15) is 30.6 Å². The average Bonchev–Trinajstić information content (AvgIpc) is 2.68. The number of ketones is 1. The lowest BCUT2D eigenvalue weighted by Gasteiger charge is -2.13. The number of ether oxygens (including phenoxy) is 1.